The van der Waals surface area contributed by atoms with Crippen LogP contribution in [0.4, 0.5) is 8.78 Å². The molecule has 0 spiro atoms. The van der Waals surface area contributed by atoms with Crippen molar-refractivity contribution < 1.29 is 35.1 Å². The van der Waals surface area contributed by atoms with Crippen molar-refractivity contribution in [3.05, 3.63) is 88.4 Å². The van der Waals surface area contributed by atoms with Crippen LogP contribution in [0.25, 0.3) is 0 Å². The fraction of sp³-hybridized carbons (Fsp3) is 0.438. The molecule has 0 bridgehead atoms. The molecule has 3 aliphatic rings. The summed E-state index contributed by atoms with van der Waals surface area (Å²) in [6.07, 6.45) is 1.20. The number of fused-ring (bicyclic) bond motifs is 5. The zero-order chi connectivity index (χ0) is 31.4. The molecule has 0 aromatic heterocycles. The maximum absolute atomic E-state index is 15.9. The molecule has 1 unspecified atom stereocenters. The monoisotopic (exact) mass is 665 g/mol. The molecule has 0 amide bonds. The fourth-order valence-electron chi connectivity index (χ4n) is 7.67. The Kier molecular flexibility index (Phi) is 8.22. The SMILES string of the molecule is CCC[C@@H]1C[C@@H]2[C@H]3COc4c(F)ccc(F)c4C3(S(=O)(=O)c3ccc(Cl)cc3)CC[C@@H]2N(Cc2ccc(OC)cc2)S1(=O)=O. The highest BCUT2D eigenvalue weighted by molar-refractivity contribution is 7.92. The molecule has 6 rings (SSSR count). The minimum Gasteiger partial charge on any atom is -0.497 e. The maximum atomic E-state index is 15.9. The van der Waals surface area contributed by atoms with Crippen LogP contribution in [-0.2, 0) is 31.2 Å². The first-order valence-corrected chi connectivity index (χ1v) is 18.1. The van der Waals surface area contributed by atoms with Crippen LogP contribution in [0, 0.1) is 23.5 Å². The molecule has 3 aromatic carbocycles. The van der Waals surface area contributed by atoms with Gasteiger partial charge in [0, 0.05) is 23.5 Å². The summed E-state index contributed by atoms with van der Waals surface area (Å²) >= 11 is 6.08. The van der Waals surface area contributed by atoms with E-state index >= 15 is 8.78 Å². The van der Waals surface area contributed by atoms with Crippen molar-refractivity contribution in [2.75, 3.05) is 13.7 Å². The van der Waals surface area contributed by atoms with Crippen LogP contribution in [-0.4, -0.2) is 46.1 Å². The molecule has 12 heteroatoms. The van der Waals surface area contributed by atoms with E-state index < -0.39 is 65.1 Å². The fourth-order valence-corrected chi connectivity index (χ4v) is 12.5. The van der Waals surface area contributed by atoms with Gasteiger partial charge in [-0.2, -0.15) is 4.31 Å². The molecule has 1 saturated carbocycles. The van der Waals surface area contributed by atoms with E-state index in [1.807, 2.05) is 19.1 Å². The molecule has 3 aromatic rings. The van der Waals surface area contributed by atoms with E-state index in [1.54, 1.807) is 19.2 Å². The van der Waals surface area contributed by atoms with E-state index in [-0.39, 0.29) is 42.9 Å². The summed E-state index contributed by atoms with van der Waals surface area (Å²) in [4.78, 5) is -0.0644. The quantitative estimate of drug-likeness (QED) is 0.287. The van der Waals surface area contributed by atoms with Crippen molar-refractivity contribution in [2.24, 2.45) is 11.8 Å². The summed E-state index contributed by atoms with van der Waals surface area (Å²) in [7, 11) is -6.60. The van der Waals surface area contributed by atoms with Gasteiger partial charge in [-0.15, -0.1) is 0 Å². The molecule has 1 aliphatic carbocycles. The number of sulfone groups is 1. The van der Waals surface area contributed by atoms with Crippen LogP contribution >= 0.6 is 11.6 Å². The van der Waals surface area contributed by atoms with Crippen LogP contribution in [0.1, 0.15) is 50.2 Å². The molecule has 5 atom stereocenters. The third-order valence-corrected chi connectivity index (χ3v) is 14.8. The number of hydrogen-bond acceptors (Lipinski definition) is 6. The lowest BCUT2D eigenvalue weighted by molar-refractivity contribution is 0.0143. The molecule has 0 N–H and O–H groups in total. The van der Waals surface area contributed by atoms with Gasteiger partial charge in [0.15, 0.2) is 21.4 Å². The summed E-state index contributed by atoms with van der Waals surface area (Å²) < 4.78 is 99.6. The number of nitrogens with zero attached hydrogens (tertiary/aromatic N) is 1. The molecular weight excluding hydrogens is 632 g/mol. The van der Waals surface area contributed by atoms with Crippen molar-refractivity contribution >= 4 is 31.5 Å². The second kappa shape index (κ2) is 11.6. The van der Waals surface area contributed by atoms with Crippen LogP contribution in [0.5, 0.6) is 11.5 Å². The average Bonchev–Trinajstić information content (AvgIpc) is 3.01. The third-order valence-electron chi connectivity index (χ3n) is 9.68. The molecule has 2 heterocycles. The number of halogens is 3. The number of hydrogen-bond donors (Lipinski definition) is 0. The van der Waals surface area contributed by atoms with E-state index in [2.05, 4.69) is 0 Å². The lowest BCUT2D eigenvalue weighted by Crippen LogP contribution is -2.64. The minimum atomic E-state index is -4.37. The second-order valence-corrected chi connectivity index (χ2v) is 16.7. The Morgan fingerprint density at radius 3 is 2.39 bits per heavy atom. The van der Waals surface area contributed by atoms with Gasteiger partial charge in [-0.3, -0.25) is 0 Å². The summed E-state index contributed by atoms with van der Waals surface area (Å²) in [6, 6.07) is 14.1. The van der Waals surface area contributed by atoms with E-state index in [0.29, 0.717) is 23.6 Å². The third kappa shape index (κ3) is 4.82. The molecule has 236 valence electrons. The van der Waals surface area contributed by atoms with Crippen LogP contribution in [0.3, 0.4) is 0 Å². The Labute approximate surface area is 262 Å². The summed E-state index contributed by atoms with van der Waals surface area (Å²) in [5.41, 5.74) is 0.443. The van der Waals surface area contributed by atoms with Crippen molar-refractivity contribution in [3.63, 3.8) is 0 Å². The van der Waals surface area contributed by atoms with Crippen LogP contribution in [0.15, 0.2) is 65.6 Å². The molecule has 7 nitrogen and oxygen atoms in total. The van der Waals surface area contributed by atoms with Crippen molar-refractivity contribution in [2.45, 2.75) is 66.5 Å². The Balaban J connectivity index is 1.52. The number of sulfonamides is 1. The van der Waals surface area contributed by atoms with E-state index in [4.69, 9.17) is 21.1 Å². The van der Waals surface area contributed by atoms with Gasteiger partial charge >= 0.3 is 0 Å². The minimum absolute atomic E-state index is 0.0644. The van der Waals surface area contributed by atoms with Crippen molar-refractivity contribution in [3.8, 4) is 11.5 Å². The standard InChI is InChI=1S/C32H34ClF2NO6S2/c1-3-4-24-17-25-26-19-42-31-28(35)14-13-27(34)30(31)32(26,43(37,38)23-11-7-21(33)8-12-23)16-15-29(25)36(44(24,39)40)18-20-5-9-22(41-2)10-6-20/h5-14,24-26,29H,3-4,15-19H2,1-2H3/t24-,25-,26-,29+,32?/m1/s1. The topological polar surface area (TPSA) is 90.0 Å². The molecular formula is C32H34ClF2NO6S2. The lowest BCUT2D eigenvalue weighted by atomic mass is 9.63. The maximum Gasteiger partial charge on any atom is 0.217 e. The van der Waals surface area contributed by atoms with Gasteiger partial charge in [-0.05, 0) is 85.7 Å². The predicted octanol–water partition coefficient (Wildman–Crippen LogP) is 6.49. The highest BCUT2D eigenvalue weighted by atomic mass is 35.5. The molecule has 0 radical (unpaired) electrons. The highest BCUT2D eigenvalue weighted by Gasteiger charge is 2.65. The first-order valence-electron chi connectivity index (χ1n) is 14.7. The summed E-state index contributed by atoms with van der Waals surface area (Å²) in [5, 5.41) is -0.430. The zero-order valence-corrected chi connectivity index (χ0v) is 26.8. The molecule has 1 saturated heterocycles. The summed E-state index contributed by atoms with van der Waals surface area (Å²) in [6.45, 7) is 1.80. The highest BCUT2D eigenvalue weighted by Crippen LogP contribution is 2.61. The Morgan fingerprint density at radius 1 is 1.05 bits per heavy atom. The summed E-state index contributed by atoms with van der Waals surface area (Å²) in [5.74, 6) is -2.83. The molecule has 2 aliphatic heterocycles. The number of benzene rings is 3. The van der Waals surface area contributed by atoms with Gasteiger partial charge < -0.3 is 9.47 Å². The van der Waals surface area contributed by atoms with E-state index in [9.17, 15) is 16.8 Å². The number of ether oxygens (including phenoxy) is 2. The van der Waals surface area contributed by atoms with E-state index in [0.717, 1.165) is 17.7 Å². The second-order valence-electron chi connectivity index (χ2n) is 11.9. The normalized spacial score (nSPS) is 27.8. The van der Waals surface area contributed by atoms with Crippen molar-refractivity contribution in [1.29, 1.82) is 0 Å². The predicted molar refractivity (Wildman–Crippen MR) is 163 cm³/mol. The van der Waals surface area contributed by atoms with Gasteiger partial charge in [0.05, 0.1) is 29.4 Å². The number of methoxy groups -OCH3 is 1. The van der Waals surface area contributed by atoms with Crippen LogP contribution in [0.2, 0.25) is 5.02 Å². The van der Waals surface area contributed by atoms with Gasteiger partial charge in [0.25, 0.3) is 0 Å². The Hall–Kier alpha value is -2.73. The van der Waals surface area contributed by atoms with E-state index in [1.165, 1.54) is 28.6 Å². The lowest BCUT2D eigenvalue weighted by Gasteiger charge is -2.57. The number of rotatable bonds is 7. The largest absolute Gasteiger partial charge is 0.497 e. The smallest absolute Gasteiger partial charge is 0.217 e. The van der Waals surface area contributed by atoms with Crippen LogP contribution < -0.4 is 9.47 Å². The first kappa shape index (κ1) is 31.3. The Bertz CT molecular complexity index is 1770. The molecule has 2 fully saturated rings. The van der Waals surface area contributed by atoms with Crippen molar-refractivity contribution in [1.82, 2.24) is 4.31 Å². The Morgan fingerprint density at radius 2 is 1.73 bits per heavy atom. The first-order chi connectivity index (χ1) is 20.9. The zero-order valence-electron chi connectivity index (χ0n) is 24.4. The van der Waals surface area contributed by atoms with Gasteiger partial charge in [0.2, 0.25) is 10.0 Å². The van der Waals surface area contributed by atoms with Gasteiger partial charge in [0.1, 0.15) is 16.3 Å². The molecule has 44 heavy (non-hydrogen) atoms. The van der Waals surface area contributed by atoms with Gasteiger partial charge in [-0.25, -0.2) is 25.6 Å². The van der Waals surface area contributed by atoms with Gasteiger partial charge in [-0.1, -0.05) is 37.1 Å². The average molecular weight is 666 g/mol.